The number of carboxylic acids is 1. The number of pyridine rings is 1. The van der Waals surface area contributed by atoms with E-state index < -0.39 is 11.5 Å². The molecule has 1 aromatic rings. The first-order valence-electron chi connectivity index (χ1n) is 4.50. The number of nitrogens with zero attached hydrogens (tertiary/aromatic N) is 1. The molecule has 4 nitrogen and oxygen atoms in total. The zero-order valence-corrected chi connectivity index (χ0v) is 8.32. The van der Waals surface area contributed by atoms with Gasteiger partial charge in [0.15, 0.2) is 0 Å². The van der Waals surface area contributed by atoms with Crippen molar-refractivity contribution in [3.63, 3.8) is 0 Å². The third-order valence-corrected chi connectivity index (χ3v) is 2.28. The topological polar surface area (TPSA) is 62.2 Å². The van der Waals surface area contributed by atoms with Gasteiger partial charge >= 0.3 is 5.97 Å². The van der Waals surface area contributed by atoms with Crippen LogP contribution in [0.1, 0.15) is 20.3 Å². The van der Waals surface area contributed by atoms with Gasteiger partial charge in [-0.1, -0.05) is 6.92 Å². The second-order valence-electron chi connectivity index (χ2n) is 3.35. The third-order valence-electron chi connectivity index (χ3n) is 2.28. The number of hydrogen-bond donors (Lipinski definition) is 2. The minimum absolute atomic E-state index is 0.519. The number of aliphatic carboxylic acids is 1. The van der Waals surface area contributed by atoms with E-state index in [4.69, 9.17) is 5.11 Å². The van der Waals surface area contributed by atoms with Crippen molar-refractivity contribution >= 4 is 11.7 Å². The van der Waals surface area contributed by atoms with E-state index in [0.717, 1.165) is 5.69 Å². The van der Waals surface area contributed by atoms with E-state index in [9.17, 15) is 4.79 Å². The Hall–Kier alpha value is -1.58. The summed E-state index contributed by atoms with van der Waals surface area (Å²) in [6, 6.07) is 3.49. The maximum absolute atomic E-state index is 11.0. The summed E-state index contributed by atoms with van der Waals surface area (Å²) in [5.74, 6) is -0.850. The minimum atomic E-state index is -0.915. The molecule has 0 fully saturated rings. The van der Waals surface area contributed by atoms with Crippen LogP contribution in [0.4, 0.5) is 5.69 Å². The first-order valence-corrected chi connectivity index (χ1v) is 4.50. The molecule has 0 bridgehead atoms. The average Bonchev–Trinajstić information content (AvgIpc) is 2.19. The fourth-order valence-electron chi connectivity index (χ4n) is 1.05. The van der Waals surface area contributed by atoms with Gasteiger partial charge in [0.05, 0.1) is 0 Å². The lowest BCUT2D eigenvalue weighted by atomic mass is 9.99. The highest BCUT2D eigenvalue weighted by molar-refractivity contribution is 5.82. The van der Waals surface area contributed by atoms with Gasteiger partial charge in [0, 0.05) is 18.1 Å². The Bertz CT molecular complexity index is 313. The van der Waals surface area contributed by atoms with E-state index in [0.29, 0.717) is 6.42 Å². The summed E-state index contributed by atoms with van der Waals surface area (Å²) in [5.41, 5.74) is -0.145. The first kappa shape index (κ1) is 10.5. The van der Waals surface area contributed by atoms with Crippen molar-refractivity contribution in [1.82, 2.24) is 4.98 Å². The van der Waals surface area contributed by atoms with E-state index in [-0.39, 0.29) is 0 Å². The molecule has 4 heteroatoms. The largest absolute Gasteiger partial charge is 0.480 e. The van der Waals surface area contributed by atoms with Gasteiger partial charge in [0.1, 0.15) is 5.54 Å². The molecule has 0 aliphatic carbocycles. The molecule has 1 heterocycles. The first-order chi connectivity index (χ1) is 6.58. The molecule has 0 aromatic carbocycles. The molecule has 0 spiro atoms. The average molecular weight is 194 g/mol. The maximum atomic E-state index is 11.0. The van der Waals surface area contributed by atoms with Crippen LogP contribution in [0.15, 0.2) is 24.5 Å². The predicted octanol–water partition coefficient (Wildman–Crippen LogP) is 1.75. The Morgan fingerprint density at radius 2 is 2.14 bits per heavy atom. The van der Waals surface area contributed by atoms with Crippen molar-refractivity contribution < 1.29 is 9.90 Å². The van der Waals surface area contributed by atoms with E-state index in [2.05, 4.69) is 10.3 Å². The molecule has 1 unspecified atom stereocenters. The van der Waals surface area contributed by atoms with Crippen LogP contribution in [0.5, 0.6) is 0 Å². The Labute approximate surface area is 83.0 Å². The zero-order chi connectivity index (χ0) is 10.6. The number of carbonyl (C=O) groups is 1. The van der Waals surface area contributed by atoms with Crippen LogP contribution in [-0.2, 0) is 4.79 Å². The maximum Gasteiger partial charge on any atom is 0.329 e. The van der Waals surface area contributed by atoms with Crippen molar-refractivity contribution in [3.8, 4) is 0 Å². The van der Waals surface area contributed by atoms with Gasteiger partial charge in [-0.3, -0.25) is 4.98 Å². The monoisotopic (exact) mass is 194 g/mol. The van der Waals surface area contributed by atoms with Gasteiger partial charge in [0.25, 0.3) is 0 Å². The molecular formula is C10H14N2O2. The normalized spacial score (nSPS) is 14.4. The number of hydrogen-bond acceptors (Lipinski definition) is 3. The Morgan fingerprint density at radius 3 is 2.57 bits per heavy atom. The summed E-state index contributed by atoms with van der Waals surface area (Å²) < 4.78 is 0. The van der Waals surface area contributed by atoms with E-state index in [1.807, 2.05) is 6.92 Å². The standard InChI is InChI=1S/C10H14N2O2/c1-3-10(2,9(13)14)12-8-4-6-11-7-5-8/h4-7H,3H2,1-2H3,(H,11,12)(H,13,14). The smallest absolute Gasteiger partial charge is 0.329 e. The molecule has 1 aromatic heterocycles. The van der Waals surface area contributed by atoms with Crippen molar-refractivity contribution in [1.29, 1.82) is 0 Å². The molecular weight excluding hydrogens is 180 g/mol. The summed E-state index contributed by atoms with van der Waals surface area (Å²) in [7, 11) is 0. The van der Waals surface area contributed by atoms with E-state index >= 15 is 0 Å². The second-order valence-corrected chi connectivity index (χ2v) is 3.35. The predicted molar refractivity (Wildman–Crippen MR) is 54.2 cm³/mol. The van der Waals surface area contributed by atoms with Gasteiger partial charge in [-0.15, -0.1) is 0 Å². The fourth-order valence-corrected chi connectivity index (χ4v) is 1.05. The van der Waals surface area contributed by atoms with Crippen LogP contribution in [-0.4, -0.2) is 21.6 Å². The molecule has 1 rings (SSSR count). The van der Waals surface area contributed by atoms with Crippen LogP contribution in [0.25, 0.3) is 0 Å². The van der Waals surface area contributed by atoms with Crippen molar-refractivity contribution in [3.05, 3.63) is 24.5 Å². The summed E-state index contributed by atoms with van der Waals surface area (Å²) >= 11 is 0. The highest BCUT2D eigenvalue weighted by Crippen LogP contribution is 2.17. The Morgan fingerprint density at radius 1 is 1.57 bits per heavy atom. The Balaban J connectivity index is 2.81. The highest BCUT2D eigenvalue weighted by Gasteiger charge is 2.30. The Kier molecular flexibility index (Phi) is 3.06. The molecule has 0 amide bonds. The van der Waals surface area contributed by atoms with Crippen molar-refractivity contribution in [2.45, 2.75) is 25.8 Å². The summed E-state index contributed by atoms with van der Waals surface area (Å²) in [4.78, 5) is 14.8. The summed E-state index contributed by atoms with van der Waals surface area (Å²) in [6.07, 6.45) is 3.77. The number of nitrogens with one attached hydrogen (secondary N) is 1. The molecule has 0 radical (unpaired) electrons. The SMILES string of the molecule is CCC(C)(Nc1ccncc1)C(=O)O. The highest BCUT2D eigenvalue weighted by atomic mass is 16.4. The molecule has 0 saturated heterocycles. The van der Waals surface area contributed by atoms with Crippen LogP contribution in [0.2, 0.25) is 0 Å². The van der Waals surface area contributed by atoms with Gasteiger partial charge in [-0.05, 0) is 25.5 Å². The zero-order valence-electron chi connectivity index (χ0n) is 8.32. The van der Waals surface area contributed by atoms with Crippen LogP contribution in [0, 0.1) is 0 Å². The minimum Gasteiger partial charge on any atom is -0.480 e. The van der Waals surface area contributed by atoms with Crippen LogP contribution >= 0.6 is 0 Å². The summed E-state index contributed by atoms with van der Waals surface area (Å²) in [5, 5.41) is 12.0. The van der Waals surface area contributed by atoms with Crippen molar-refractivity contribution in [2.24, 2.45) is 0 Å². The molecule has 0 aliphatic rings. The van der Waals surface area contributed by atoms with Crippen LogP contribution < -0.4 is 5.32 Å². The second kappa shape index (κ2) is 4.09. The van der Waals surface area contributed by atoms with Gasteiger partial charge in [-0.25, -0.2) is 4.79 Å². The fraction of sp³-hybridized carbons (Fsp3) is 0.400. The quantitative estimate of drug-likeness (QED) is 0.766. The van der Waals surface area contributed by atoms with Gasteiger partial charge in [0.2, 0.25) is 0 Å². The number of anilines is 1. The lowest BCUT2D eigenvalue weighted by Crippen LogP contribution is -2.42. The summed E-state index contributed by atoms with van der Waals surface area (Å²) in [6.45, 7) is 3.50. The number of carboxylic acid groups (broad SMARTS) is 1. The molecule has 14 heavy (non-hydrogen) atoms. The number of aromatic nitrogens is 1. The molecule has 0 saturated carbocycles. The van der Waals surface area contributed by atoms with Gasteiger partial charge in [-0.2, -0.15) is 0 Å². The number of rotatable bonds is 4. The molecule has 1 atom stereocenters. The third kappa shape index (κ3) is 2.22. The molecule has 76 valence electrons. The van der Waals surface area contributed by atoms with Crippen molar-refractivity contribution in [2.75, 3.05) is 5.32 Å². The van der Waals surface area contributed by atoms with Crippen LogP contribution in [0.3, 0.4) is 0 Å². The van der Waals surface area contributed by atoms with E-state index in [1.54, 1.807) is 31.5 Å². The molecule has 0 aliphatic heterocycles. The lowest BCUT2D eigenvalue weighted by Gasteiger charge is -2.25. The van der Waals surface area contributed by atoms with E-state index in [1.165, 1.54) is 0 Å². The molecule has 2 N–H and O–H groups in total. The lowest BCUT2D eigenvalue weighted by molar-refractivity contribution is -0.141. The van der Waals surface area contributed by atoms with Gasteiger partial charge < -0.3 is 10.4 Å².